The van der Waals surface area contributed by atoms with Crippen molar-refractivity contribution in [3.8, 4) is 5.75 Å². The molecule has 3 aromatic rings. The van der Waals surface area contributed by atoms with Gasteiger partial charge in [0.1, 0.15) is 17.1 Å². The van der Waals surface area contributed by atoms with Crippen LogP contribution >= 0.6 is 0 Å². The summed E-state index contributed by atoms with van der Waals surface area (Å²) in [6.45, 7) is 0. The smallest absolute Gasteiger partial charge is 0.337 e. The van der Waals surface area contributed by atoms with Crippen molar-refractivity contribution in [3.05, 3.63) is 66.2 Å². The van der Waals surface area contributed by atoms with Crippen molar-refractivity contribution >= 4 is 77.0 Å². The molecule has 0 unspecified atom stereocenters. The second-order valence-electron chi connectivity index (χ2n) is 4.68. The van der Waals surface area contributed by atoms with Gasteiger partial charge in [-0.2, -0.15) is 0 Å². The van der Waals surface area contributed by atoms with E-state index in [1.54, 1.807) is 30.3 Å². The Morgan fingerprint density at radius 1 is 0.870 bits per heavy atom. The van der Waals surface area contributed by atoms with Crippen molar-refractivity contribution in [2.45, 2.75) is 0 Å². The van der Waals surface area contributed by atoms with Crippen LogP contribution in [0.25, 0.3) is 10.8 Å². The first-order chi connectivity index (χ1) is 10.7. The molecule has 6 heteroatoms. The van der Waals surface area contributed by atoms with Gasteiger partial charge in [-0.1, -0.05) is 42.5 Å². The number of phenolic OH excluding ortho intramolecular Hbond substituents is 1. The van der Waals surface area contributed by atoms with E-state index >= 15 is 0 Å². The molecule has 0 spiro atoms. The minimum Gasteiger partial charge on any atom is -0.506 e. The Morgan fingerprint density at radius 2 is 1.57 bits per heavy atom. The number of azo groups is 1. The van der Waals surface area contributed by atoms with Crippen LogP contribution in [0.5, 0.6) is 5.75 Å². The van der Waals surface area contributed by atoms with E-state index in [2.05, 4.69) is 10.2 Å². The predicted molar refractivity (Wildman–Crippen MR) is 88.9 cm³/mol. The zero-order chi connectivity index (χ0) is 15.5. The molecule has 0 fully saturated rings. The molecule has 3 aromatic carbocycles. The van der Waals surface area contributed by atoms with Gasteiger partial charge in [-0.3, -0.25) is 0 Å². The maximum atomic E-state index is 11.2. The molecule has 0 aliphatic heterocycles. The molecule has 2 radical (unpaired) electrons. The van der Waals surface area contributed by atoms with Gasteiger partial charge in [0.25, 0.3) is 0 Å². The summed E-state index contributed by atoms with van der Waals surface area (Å²) in [4.78, 5) is 11.2. The van der Waals surface area contributed by atoms with Crippen LogP contribution in [0.1, 0.15) is 10.4 Å². The molecule has 5 nitrogen and oxygen atoms in total. The Kier molecular flexibility index (Phi) is 5.98. The number of hydrogen-bond donors (Lipinski definition) is 2. The third-order valence-electron chi connectivity index (χ3n) is 3.27. The Bertz CT molecular complexity index is 894. The van der Waals surface area contributed by atoms with E-state index in [4.69, 9.17) is 5.11 Å². The van der Waals surface area contributed by atoms with Gasteiger partial charge < -0.3 is 10.2 Å². The van der Waals surface area contributed by atoms with Gasteiger partial charge in [-0.25, -0.2) is 4.79 Å². The fourth-order valence-corrected chi connectivity index (χ4v) is 2.19. The van der Waals surface area contributed by atoms with Gasteiger partial charge >= 0.3 is 5.97 Å². The number of phenols is 1. The number of aromatic carboxylic acids is 1. The molecule has 0 saturated heterocycles. The van der Waals surface area contributed by atoms with Gasteiger partial charge in [0, 0.05) is 54.3 Å². The zero-order valence-corrected chi connectivity index (χ0v) is 16.6. The molecule has 110 valence electrons. The van der Waals surface area contributed by atoms with Crippen molar-refractivity contribution in [2.24, 2.45) is 10.2 Å². The van der Waals surface area contributed by atoms with E-state index in [0.29, 0.717) is 5.69 Å². The molecule has 0 amide bonds. The van der Waals surface area contributed by atoms with Gasteiger partial charge in [0.2, 0.25) is 0 Å². The number of benzene rings is 3. The molecule has 0 bridgehead atoms. The van der Waals surface area contributed by atoms with E-state index in [0.717, 1.165) is 10.8 Å². The third-order valence-corrected chi connectivity index (χ3v) is 3.27. The quantitative estimate of drug-likeness (QED) is 0.482. The topological polar surface area (TPSA) is 82.2 Å². The Balaban J connectivity index is 0.00000192. The summed E-state index contributed by atoms with van der Waals surface area (Å²) in [5.74, 6) is -1.08. The van der Waals surface area contributed by atoms with E-state index in [9.17, 15) is 9.90 Å². The first-order valence-corrected chi connectivity index (χ1v) is 6.61. The molecule has 0 aromatic heterocycles. The largest absolute Gasteiger partial charge is 0.506 e. The molecular formula is C17H12BaN2O3. The summed E-state index contributed by atoms with van der Waals surface area (Å²) < 4.78 is 0. The number of fused-ring (bicyclic) bond motifs is 1. The number of hydrogen-bond acceptors (Lipinski definition) is 4. The molecule has 0 aliphatic carbocycles. The van der Waals surface area contributed by atoms with Gasteiger partial charge in [0.15, 0.2) is 0 Å². The van der Waals surface area contributed by atoms with Crippen LogP contribution in [0.2, 0.25) is 0 Å². The van der Waals surface area contributed by atoms with Crippen molar-refractivity contribution in [1.29, 1.82) is 0 Å². The molecule has 0 aliphatic rings. The summed E-state index contributed by atoms with van der Waals surface area (Å²) in [5, 5.41) is 28.9. The third kappa shape index (κ3) is 3.83. The Hall–Kier alpha value is -1.64. The van der Waals surface area contributed by atoms with Crippen LogP contribution in [0, 0.1) is 0 Å². The molecule has 0 saturated carbocycles. The molecule has 23 heavy (non-hydrogen) atoms. The van der Waals surface area contributed by atoms with Crippen LogP contribution in [0.4, 0.5) is 11.4 Å². The van der Waals surface area contributed by atoms with Crippen molar-refractivity contribution < 1.29 is 15.0 Å². The molecular weight excluding hydrogens is 418 g/mol. The SMILES string of the molecule is O=C(O)c1ccccc1N=Nc1c(O)ccc2ccccc12.[Ba]. The summed E-state index contributed by atoms with van der Waals surface area (Å²) in [7, 11) is 0. The van der Waals surface area contributed by atoms with Crippen molar-refractivity contribution in [3.63, 3.8) is 0 Å². The van der Waals surface area contributed by atoms with Crippen LogP contribution in [0.15, 0.2) is 70.9 Å². The number of nitrogens with zero attached hydrogens (tertiary/aromatic N) is 2. The minimum absolute atomic E-state index is 0. The fourth-order valence-electron chi connectivity index (χ4n) is 2.19. The standard InChI is InChI=1S/C17H12N2O3.Ba/c20-15-10-9-11-5-1-2-6-12(11)16(15)19-18-14-8-4-3-7-13(14)17(21)22;/h1-10,20H,(H,21,22);. The Labute approximate surface area is 172 Å². The van der Waals surface area contributed by atoms with Crippen LogP contribution in [0.3, 0.4) is 0 Å². The number of rotatable bonds is 3. The minimum atomic E-state index is -1.07. The number of carbonyl (C=O) groups is 1. The van der Waals surface area contributed by atoms with Crippen molar-refractivity contribution in [2.75, 3.05) is 0 Å². The average Bonchev–Trinajstić information content (AvgIpc) is 2.54. The summed E-state index contributed by atoms with van der Waals surface area (Å²) in [6.07, 6.45) is 0. The fraction of sp³-hybridized carbons (Fsp3) is 0. The normalized spacial score (nSPS) is 10.6. The number of aromatic hydroxyl groups is 1. The maximum absolute atomic E-state index is 11.2. The number of carboxylic acid groups (broad SMARTS) is 1. The van der Waals surface area contributed by atoms with Gasteiger partial charge in [-0.05, 0) is 23.6 Å². The predicted octanol–water partition coefficient (Wildman–Crippen LogP) is 4.28. The van der Waals surface area contributed by atoms with Crippen LogP contribution in [-0.2, 0) is 0 Å². The number of carboxylic acids is 1. The molecule has 0 heterocycles. The van der Waals surface area contributed by atoms with E-state index < -0.39 is 5.97 Å². The van der Waals surface area contributed by atoms with E-state index in [1.165, 1.54) is 6.07 Å². The average molecular weight is 430 g/mol. The van der Waals surface area contributed by atoms with Crippen LogP contribution < -0.4 is 0 Å². The summed E-state index contributed by atoms with van der Waals surface area (Å²) in [5.41, 5.74) is 0.617. The second kappa shape index (κ2) is 7.76. The monoisotopic (exact) mass is 430 g/mol. The summed E-state index contributed by atoms with van der Waals surface area (Å²) in [6, 6.07) is 17.1. The Morgan fingerprint density at radius 3 is 2.35 bits per heavy atom. The van der Waals surface area contributed by atoms with Gasteiger partial charge in [-0.15, -0.1) is 10.2 Å². The summed E-state index contributed by atoms with van der Waals surface area (Å²) >= 11 is 0. The van der Waals surface area contributed by atoms with Crippen LogP contribution in [-0.4, -0.2) is 65.1 Å². The molecule has 2 N–H and O–H groups in total. The molecule has 0 atom stereocenters. The first-order valence-electron chi connectivity index (χ1n) is 6.61. The van der Waals surface area contributed by atoms with Gasteiger partial charge in [0.05, 0.1) is 5.56 Å². The first kappa shape index (κ1) is 17.7. The maximum Gasteiger partial charge on any atom is 0.337 e. The van der Waals surface area contributed by atoms with E-state index in [1.807, 2.05) is 24.3 Å². The van der Waals surface area contributed by atoms with E-state index in [-0.39, 0.29) is 65.9 Å². The molecule has 3 rings (SSSR count). The second-order valence-corrected chi connectivity index (χ2v) is 4.68. The van der Waals surface area contributed by atoms with Crippen molar-refractivity contribution in [1.82, 2.24) is 0 Å². The zero-order valence-electron chi connectivity index (χ0n) is 12.2.